The van der Waals surface area contributed by atoms with Gasteiger partial charge in [0.2, 0.25) is 0 Å². The van der Waals surface area contributed by atoms with E-state index in [-0.39, 0.29) is 11.7 Å². The zero-order valence-corrected chi connectivity index (χ0v) is 10.2. The first-order valence-electron chi connectivity index (χ1n) is 4.67. The quantitative estimate of drug-likeness (QED) is 0.781. The van der Waals surface area contributed by atoms with E-state index in [0.717, 1.165) is 12.1 Å². The maximum Gasteiger partial charge on any atom is 0.416 e. The monoisotopic (exact) mass is 268 g/mol. The Morgan fingerprint density at radius 2 is 1.82 bits per heavy atom. The predicted octanol–water partition coefficient (Wildman–Crippen LogP) is 3.69. The van der Waals surface area contributed by atoms with Gasteiger partial charge >= 0.3 is 13.8 Å². The van der Waals surface area contributed by atoms with Gasteiger partial charge in [0.1, 0.15) is 0 Å². The molecule has 0 radical (unpaired) electrons. The Balaban J connectivity index is 2.98. The summed E-state index contributed by atoms with van der Waals surface area (Å²) in [5.41, 5.74) is -0.527. The smallest absolute Gasteiger partial charge is 0.312 e. The van der Waals surface area contributed by atoms with Gasteiger partial charge in [-0.3, -0.25) is 4.57 Å². The van der Waals surface area contributed by atoms with Crippen molar-refractivity contribution in [3.05, 3.63) is 35.4 Å². The third kappa shape index (κ3) is 3.84. The van der Waals surface area contributed by atoms with Gasteiger partial charge in [-0.1, -0.05) is 18.2 Å². The zero-order chi connectivity index (χ0) is 13.1. The van der Waals surface area contributed by atoms with Crippen LogP contribution < -0.4 is 0 Å². The van der Waals surface area contributed by atoms with Gasteiger partial charge in [-0.15, -0.1) is 0 Å². The van der Waals surface area contributed by atoms with Crippen molar-refractivity contribution < 1.29 is 26.8 Å². The second-order valence-corrected chi connectivity index (χ2v) is 5.60. The van der Waals surface area contributed by atoms with Crippen LogP contribution >= 0.6 is 7.60 Å². The first kappa shape index (κ1) is 14.2. The van der Waals surface area contributed by atoms with Crippen LogP contribution in [-0.2, 0) is 26.0 Å². The van der Waals surface area contributed by atoms with Crippen molar-refractivity contribution in [2.45, 2.75) is 12.3 Å². The summed E-state index contributed by atoms with van der Waals surface area (Å²) in [6.07, 6.45) is -4.61. The molecule has 3 nitrogen and oxygen atoms in total. The first-order valence-corrected chi connectivity index (χ1v) is 6.40. The molecule has 0 bridgehead atoms. The molecule has 0 saturated heterocycles. The van der Waals surface area contributed by atoms with Crippen molar-refractivity contribution in [3.63, 3.8) is 0 Å². The molecule has 0 N–H and O–H groups in total. The number of alkyl halides is 3. The summed E-state index contributed by atoms with van der Waals surface area (Å²) in [4.78, 5) is 0. The molecular weight excluding hydrogens is 256 g/mol. The number of halogens is 3. The van der Waals surface area contributed by atoms with Crippen LogP contribution in [0.3, 0.4) is 0 Å². The van der Waals surface area contributed by atoms with Crippen molar-refractivity contribution in [2.75, 3.05) is 14.2 Å². The van der Waals surface area contributed by atoms with Crippen LogP contribution in [0.4, 0.5) is 13.2 Å². The lowest BCUT2D eigenvalue weighted by molar-refractivity contribution is -0.137. The van der Waals surface area contributed by atoms with E-state index in [9.17, 15) is 17.7 Å². The van der Waals surface area contributed by atoms with Crippen LogP contribution in [-0.4, -0.2) is 14.2 Å². The fourth-order valence-electron chi connectivity index (χ4n) is 1.27. The summed E-state index contributed by atoms with van der Waals surface area (Å²) in [7, 11) is -0.958. The van der Waals surface area contributed by atoms with E-state index in [2.05, 4.69) is 9.05 Å². The van der Waals surface area contributed by atoms with Crippen LogP contribution in [0.25, 0.3) is 0 Å². The highest BCUT2D eigenvalue weighted by Gasteiger charge is 2.31. The molecule has 0 aromatic heterocycles. The van der Waals surface area contributed by atoms with E-state index in [1.165, 1.54) is 26.4 Å². The van der Waals surface area contributed by atoms with Gasteiger partial charge < -0.3 is 9.05 Å². The van der Waals surface area contributed by atoms with Gasteiger partial charge in [0, 0.05) is 14.2 Å². The minimum atomic E-state index is -4.42. The maximum atomic E-state index is 12.4. The van der Waals surface area contributed by atoms with E-state index in [1.54, 1.807) is 0 Å². The minimum absolute atomic E-state index is 0.191. The molecule has 0 aliphatic heterocycles. The fourth-order valence-corrected chi connectivity index (χ4v) is 2.32. The first-order chi connectivity index (χ1) is 7.80. The summed E-state index contributed by atoms with van der Waals surface area (Å²) < 4.78 is 58.4. The Morgan fingerprint density at radius 3 is 2.29 bits per heavy atom. The Labute approximate surface area is 97.1 Å². The van der Waals surface area contributed by atoms with E-state index >= 15 is 0 Å². The van der Waals surface area contributed by atoms with Crippen LogP contribution in [0, 0.1) is 0 Å². The van der Waals surface area contributed by atoms with Gasteiger partial charge in [-0.2, -0.15) is 13.2 Å². The lowest BCUT2D eigenvalue weighted by Gasteiger charge is -2.14. The van der Waals surface area contributed by atoms with E-state index in [0.29, 0.717) is 0 Å². The molecule has 7 heteroatoms. The van der Waals surface area contributed by atoms with Crippen LogP contribution in [0.2, 0.25) is 0 Å². The second-order valence-electron chi connectivity index (χ2n) is 3.33. The van der Waals surface area contributed by atoms with E-state index < -0.39 is 19.3 Å². The summed E-state index contributed by atoms with van der Waals surface area (Å²) in [6, 6.07) is 4.59. The highest BCUT2D eigenvalue weighted by Crippen LogP contribution is 2.49. The van der Waals surface area contributed by atoms with E-state index in [1.807, 2.05) is 0 Å². The molecule has 0 atom stereocenters. The Morgan fingerprint density at radius 1 is 1.24 bits per heavy atom. The molecule has 0 saturated carbocycles. The summed E-state index contributed by atoms with van der Waals surface area (Å²) in [6.45, 7) is 0. The average Bonchev–Trinajstić information content (AvgIpc) is 2.28. The molecule has 1 aromatic rings. The molecule has 0 aliphatic carbocycles. The predicted molar refractivity (Wildman–Crippen MR) is 56.8 cm³/mol. The van der Waals surface area contributed by atoms with Gasteiger partial charge in [-0.05, 0) is 11.6 Å². The highest BCUT2D eigenvalue weighted by molar-refractivity contribution is 7.52. The molecule has 0 spiro atoms. The second kappa shape index (κ2) is 5.21. The largest absolute Gasteiger partial charge is 0.416 e. The highest BCUT2D eigenvalue weighted by atomic mass is 31.2. The van der Waals surface area contributed by atoms with Crippen molar-refractivity contribution in [1.29, 1.82) is 0 Å². The summed E-state index contributed by atoms with van der Waals surface area (Å²) in [5, 5.41) is 0. The molecule has 0 amide bonds. The number of hydrogen-bond donors (Lipinski definition) is 0. The van der Waals surface area contributed by atoms with Gasteiger partial charge in [0.25, 0.3) is 0 Å². The lowest BCUT2D eigenvalue weighted by atomic mass is 10.1. The van der Waals surface area contributed by atoms with Gasteiger partial charge in [0.05, 0.1) is 11.7 Å². The molecule has 0 unspecified atom stereocenters. The van der Waals surface area contributed by atoms with Crippen LogP contribution in [0.1, 0.15) is 11.1 Å². The van der Waals surface area contributed by atoms with E-state index in [4.69, 9.17) is 0 Å². The molecular formula is C10H12F3O3P. The van der Waals surface area contributed by atoms with Crippen molar-refractivity contribution >= 4 is 7.60 Å². The lowest BCUT2D eigenvalue weighted by Crippen LogP contribution is -2.05. The van der Waals surface area contributed by atoms with Gasteiger partial charge in [0.15, 0.2) is 0 Å². The normalized spacial score (nSPS) is 12.8. The molecule has 0 aliphatic rings. The van der Waals surface area contributed by atoms with Crippen LogP contribution in [0.15, 0.2) is 24.3 Å². The fraction of sp³-hybridized carbons (Fsp3) is 0.400. The molecule has 1 aromatic carbocycles. The minimum Gasteiger partial charge on any atom is -0.312 e. The zero-order valence-electron chi connectivity index (χ0n) is 9.32. The third-order valence-corrected chi connectivity index (χ3v) is 4.05. The van der Waals surface area contributed by atoms with Crippen molar-refractivity contribution in [2.24, 2.45) is 0 Å². The molecule has 0 fully saturated rings. The summed E-state index contributed by atoms with van der Waals surface area (Å²) in [5.74, 6) is 0. The Kier molecular flexibility index (Phi) is 4.36. The molecule has 17 heavy (non-hydrogen) atoms. The average molecular weight is 268 g/mol. The Bertz CT molecular complexity index is 423. The number of hydrogen-bond acceptors (Lipinski definition) is 3. The summed E-state index contributed by atoms with van der Waals surface area (Å²) >= 11 is 0. The molecule has 0 heterocycles. The van der Waals surface area contributed by atoms with Gasteiger partial charge in [-0.25, -0.2) is 0 Å². The van der Waals surface area contributed by atoms with Crippen molar-refractivity contribution in [3.8, 4) is 0 Å². The number of benzene rings is 1. The Hall–Kier alpha value is -0.840. The van der Waals surface area contributed by atoms with Crippen LogP contribution in [0.5, 0.6) is 0 Å². The number of rotatable bonds is 4. The molecule has 1 rings (SSSR count). The third-order valence-electron chi connectivity index (χ3n) is 2.19. The maximum absolute atomic E-state index is 12.4. The standard InChI is InChI=1S/C10H12F3O3P/c1-15-17(14,16-2)7-8-4-3-5-9(6-8)10(11,12)13/h3-6H,7H2,1-2H3. The topological polar surface area (TPSA) is 35.5 Å². The van der Waals surface area contributed by atoms with Crippen molar-refractivity contribution in [1.82, 2.24) is 0 Å². The SMILES string of the molecule is COP(=O)(Cc1cccc(C(F)(F)F)c1)OC. The molecule has 96 valence electrons.